The number of amides is 1. The van der Waals surface area contributed by atoms with Gasteiger partial charge in [-0.05, 0) is 22.4 Å². The highest BCUT2D eigenvalue weighted by atomic mass is 79.9. The van der Waals surface area contributed by atoms with Gasteiger partial charge in [0.15, 0.2) is 11.6 Å². The lowest BCUT2D eigenvalue weighted by Gasteiger charge is -2.12. The molecule has 0 aliphatic heterocycles. The zero-order chi connectivity index (χ0) is 12.5. The number of anilines is 1. The molecule has 6 heteroatoms. The van der Waals surface area contributed by atoms with Gasteiger partial charge < -0.3 is 5.32 Å². The Morgan fingerprint density at radius 2 is 1.81 bits per heavy atom. The molecule has 0 saturated carbocycles. The molecule has 1 aromatic carbocycles. The van der Waals surface area contributed by atoms with Crippen LogP contribution in [0.1, 0.15) is 19.4 Å². The number of carbonyl (C=O) groups is 1. The van der Waals surface area contributed by atoms with Crippen LogP contribution < -0.4 is 5.32 Å². The van der Waals surface area contributed by atoms with Gasteiger partial charge >= 0.3 is 0 Å². The molecule has 16 heavy (non-hydrogen) atoms. The van der Waals surface area contributed by atoms with Crippen molar-refractivity contribution in [1.82, 2.24) is 0 Å². The number of rotatable bonds is 2. The predicted molar refractivity (Wildman–Crippen MR) is 57.7 cm³/mol. The summed E-state index contributed by atoms with van der Waals surface area (Å²) in [6.45, 7) is 2.64. The van der Waals surface area contributed by atoms with Crippen molar-refractivity contribution in [2.24, 2.45) is 0 Å². The Balaban J connectivity index is 3.48. The van der Waals surface area contributed by atoms with Crippen molar-refractivity contribution >= 4 is 27.5 Å². The van der Waals surface area contributed by atoms with Gasteiger partial charge in [-0.25, -0.2) is 13.2 Å². The third-order valence-corrected chi connectivity index (χ3v) is 2.71. The van der Waals surface area contributed by atoms with Crippen molar-refractivity contribution in [2.75, 3.05) is 5.32 Å². The van der Waals surface area contributed by atoms with E-state index < -0.39 is 33.5 Å². The molecule has 88 valence electrons. The van der Waals surface area contributed by atoms with Crippen LogP contribution in [0.5, 0.6) is 0 Å². The summed E-state index contributed by atoms with van der Waals surface area (Å²) in [6, 6.07) is 0. The van der Waals surface area contributed by atoms with Crippen LogP contribution in [0.25, 0.3) is 0 Å². The first-order chi connectivity index (χ1) is 7.40. The largest absolute Gasteiger partial charge is 0.321 e. The maximum Gasteiger partial charge on any atom is 0.221 e. The summed E-state index contributed by atoms with van der Waals surface area (Å²) >= 11 is 2.68. The average molecular weight is 296 g/mol. The van der Waals surface area contributed by atoms with Crippen molar-refractivity contribution in [2.45, 2.75) is 20.3 Å². The predicted octanol–water partition coefficient (Wildman–Crippen LogP) is 3.39. The lowest BCUT2D eigenvalue weighted by molar-refractivity contribution is -0.114. The Labute approximate surface area is 99.0 Å². The molecule has 2 nitrogen and oxygen atoms in total. The van der Waals surface area contributed by atoms with E-state index in [1.54, 1.807) is 0 Å². The third-order valence-electron chi connectivity index (χ3n) is 2.01. The molecule has 1 aromatic rings. The van der Waals surface area contributed by atoms with Crippen LogP contribution in [-0.4, -0.2) is 5.91 Å². The highest BCUT2D eigenvalue weighted by Gasteiger charge is 2.23. The van der Waals surface area contributed by atoms with Crippen molar-refractivity contribution in [1.29, 1.82) is 0 Å². The minimum atomic E-state index is -1.15. The zero-order valence-electron chi connectivity index (χ0n) is 8.63. The summed E-state index contributed by atoms with van der Waals surface area (Å²) in [4.78, 5) is 10.8. The van der Waals surface area contributed by atoms with Gasteiger partial charge in [-0.3, -0.25) is 4.79 Å². The average Bonchev–Trinajstić information content (AvgIpc) is 2.22. The molecule has 0 aliphatic carbocycles. The molecule has 0 aliphatic rings. The molecule has 1 rings (SSSR count). The standard InChI is InChI=1S/C10H9BrF3NO/c1-3-5-7(12)6(11)9(14)10(8(5)13)15-4(2)16/h3H2,1-2H3,(H,15,16). The second-order valence-electron chi connectivity index (χ2n) is 3.14. The van der Waals surface area contributed by atoms with Crippen LogP contribution in [0.2, 0.25) is 0 Å². The van der Waals surface area contributed by atoms with E-state index in [2.05, 4.69) is 15.9 Å². The first-order valence-corrected chi connectivity index (χ1v) is 5.31. The van der Waals surface area contributed by atoms with E-state index in [1.165, 1.54) is 6.92 Å². The highest BCUT2D eigenvalue weighted by molar-refractivity contribution is 9.10. The van der Waals surface area contributed by atoms with E-state index >= 15 is 0 Å². The van der Waals surface area contributed by atoms with Crippen molar-refractivity contribution in [3.63, 3.8) is 0 Å². The Morgan fingerprint density at radius 3 is 2.25 bits per heavy atom. The van der Waals surface area contributed by atoms with Gasteiger partial charge in [-0.1, -0.05) is 6.92 Å². The van der Waals surface area contributed by atoms with Gasteiger partial charge in [-0.15, -0.1) is 0 Å². The van der Waals surface area contributed by atoms with Crippen molar-refractivity contribution < 1.29 is 18.0 Å². The Morgan fingerprint density at radius 1 is 1.25 bits per heavy atom. The monoisotopic (exact) mass is 295 g/mol. The van der Waals surface area contributed by atoms with E-state index in [-0.39, 0.29) is 12.0 Å². The van der Waals surface area contributed by atoms with Gasteiger partial charge in [0.1, 0.15) is 11.5 Å². The lowest BCUT2D eigenvalue weighted by Crippen LogP contribution is -2.12. The van der Waals surface area contributed by atoms with Gasteiger partial charge in [0.25, 0.3) is 0 Å². The van der Waals surface area contributed by atoms with Crippen LogP contribution in [0.3, 0.4) is 0 Å². The van der Waals surface area contributed by atoms with Gasteiger partial charge in [0, 0.05) is 12.5 Å². The number of nitrogens with one attached hydrogen (secondary N) is 1. The summed E-state index contributed by atoms with van der Waals surface area (Å²) in [5.41, 5.74) is -0.894. The molecule has 0 saturated heterocycles. The topological polar surface area (TPSA) is 29.1 Å². The summed E-state index contributed by atoms with van der Waals surface area (Å²) in [7, 11) is 0. The maximum absolute atomic E-state index is 13.6. The second-order valence-corrected chi connectivity index (χ2v) is 3.94. The van der Waals surface area contributed by atoms with Crippen molar-refractivity contribution in [3.05, 3.63) is 27.5 Å². The summed E-state index contributed by atoms with van der Waals surface area (Å²) in [6.07, 6.45) is 0.0587. The number of carbonyl (C=O) groups excluding carboxylic acids is 1. The lowest BCUT2D eigenvalue weighted by atomic mass is 10.1. The van der Waals surface area contributed by atoms with Crippen LogP contribution in [-0.2, 0) is 11.2 Å². The molecule has 0 aromatic heterocycles. The third kappa shape index (κ3) is 2.21. The van der Waals surface area contributed by atoms with E-state index in [1.807, 2.05) is 5.32 Å². The minimum Gasteiger partial charge on any atom is -0.321 e. The van der Waals surface area contributed by atoms with E-state index in [4.69, 9.17) is 0 Å². The van der Waals surface area contributed by atoms with Gasteiger partial charge in [0.05, 0.1) is 4.47 Å². The van der Waals surface area contributed by atoms with Crippen molar-refractivity contribution in [3.8, 4) is 0 Å². The van der Waals surface area contributed by atoms with E-state index in [9.17, 15) is 18.0 Å². The molecule has 0 atom stereocenters. The SMILES string of the molecule is CCc1c(F)c(Br)c(F)c(NC(C)=O)c1F. The molecule has 0 radical (unpaired) electrons. The molecule has 0 unspecified atom stereocenters. The summed E-state index contributed by atoms with van der Waals surface area (Å²) in [5.74, 6) is -3.83. The Bertz CT molecular complexity index is 448. The molecule has 0 heterocycles. The number of hydrogen-bond donors (Lipinski definition) is 1. The fraction of sp³-hybridized carbons (Fsp3) is 0.300. The fourth-order valence-electron chi connectivity index (χ4n) is 1.28. The first kappa shape index (κ1) is 13.0. The molecule has 0 spiro atoms. The zero-order valence-corrected chi connectivity index (χ0v) is 10.2. The van der Waals surface area contributed by atoms with Crippen LogP contribution in [0.15, 0.2) is 4.47 Å². The highest BCUT2D eigenvalue weighted by Crippen LogP contribution is 2.32. The van der Waals surface area contributed by atoms with E-state index in [0.29, 0.717) is 0 Å². The normalized spacial score (nSPS) is 10.4. The second kappa shape index (κ2) is 4.86. The van der Waals surface area contributed by atoms with Crippen LogP contribution in [0.4, 0.5) is 18.9 Å². The molecule has 1 N–H and O–H groups in total. The molecule has 0 fully saturated rings. The minimum absolute atomic E-state index is 0.0587. The molecular weight excluding hydrogens is 287 g/mol. The fourth-order valence-corrected chi connectivity index (χ4v) is 1.72. The van der Waals surface area contributed by atoms with Gasteiger partial charge in [-0.2, -0.15) is 0 Å². The molecule has 1 amide bonds. The smallest absolute Gasteiger partial charge is 0.221 e. The summed E-state index contributed by atoms with van der Waals surface area (Å²) < 4.78 is 40.0. The Hall–Kier alpha value is -1.04. The first-order valence-electron chi connectivity index (χ1n) is 4.52. The quantitative estimate of drug-likeness (QED) is 0.658. The number of hydrogen-bond acceptors (Lipinski definition) is 1. The summed E-state index contributed by atoms with van der Waals surface area (Å²) in [5, 5.41) is 2.00. The maximum atomic E-state index is 13.6. The van der Waals surface area contributed by atoms with E-state index in [0.717, 1.165) is 6.92 Å². The van der Waals surface area contributed by atoms with Crippen LogP contribution in [0, 0.1) is 17.5 Å². The number of benzene rings is 1. The Kier molecular flexibility index (Phi) is 3.96. The van der Waals surface area contributed by atoms with Crippen LogP contribution >= 0.6 is 15.9 Å². The molecular formula is C10H9BrF3NO. The molecule has 0 bridgehead atoms. The number of halogens is 4. The van der Waals surface area contributed by atoms with Gasteiger partial charge in [0.2, 0.25) is 5.91 Å².